The molecule has 0 amide bonds. The van der Waals surface area contributed by atoms with Crippen LogP contribution in [0.3, 0.4) is 0 Å². The summed E-state index contributed by atoms with van der Waals surface area (Å²) in [6.45, 7) is 0. The summed E-state index contributed by atoms with van der Waals surface area (Å²) in [5.41, 5.74) is 4.49. The monoisotopic (exact) mass is 194 g/mol. The molecule has 0 saturated heterocycles. The number of H-pyrrole nitrogens is 1. The summed E-state index contributed by atoms with van der Waals surface area (Å²) in [7, 11) is 0. The SMILES string of the molecule is C1=C\C=C/c2c(ccc3[nH]cnc23)\C=C/1. The van der Waals surface area contributed by atoms with E-state index in [0.717, 1.165) is 11.0 Å². The molecule has 2 nitrogen and oxygen atoms in total. The van der Waals surface area contributed by atoms with E-state index in [9.17, 15) is 0 Å². The van der Waals surface area contributed by atoms with E-state index in [4.69, 9.17) is 0 Å². The third-order valence-electron chi connectivity index (χ3n) is 2.54. The van der Waals surface area contributed by atoms with Crippen molar-refractivity contribution in [1.82, 2.24) is 9.97 Å². The van der Waals surface area contributed by atoms with Crippen LogP contribution >= 0.6 is 0 Å². The Bertz CT molecular complexity index is 586. The van der Waals surface area contributed by atoms with E-state index >= 15 is 0 Å². The van der Waals surface area contributed by atoms with Crippen LogP contribution in [0, 0.1) is 0 Å². The maximum Gasteiger partial charge on any atom is 0.0960 e. The van der Waals surface area contributed by atoms with Gasteiger partial charge in [0.1, 0.15) is 0 Å². The number of benzene rings is 1. The van der Waals surface area contributed by atoms with Crippen LogP contribution in [-0.4, -0.2) is 9.97 Å². The van der Waals surface area contributed by atoms with Gasteiger partial charge in [0.05, 0.1) is 17.4 Å². The van der Waals surface area contributed by atoms with Crippen molar-refractivity contribution in [2.75, 3.05) is 0 Å². The lowest BCUT2D eigenvalue weighted by atomic mass is 10.0. The van der Waals surface area contributed by atoms with Crippen LogP contribution in [0.25, 0.3) is 23.2 Å². The van der Waals surface area contributed by atoms with Crippen LogP contribution in [0.5, 0.6) is 0 Å². The highest BCUT2D eigenvalue weighted by molar-refractivity contribution is 5.89. The summed E-state index contributed by atoms with van der Waals surface area (Å²) in [5.74, 6) is 0. The fourth-order valence-electron chi connectivity index (χ4n) is 1.81. The molecule has 0 fully saturated rings. The Hall–Kier alpha value is -2.09. The van der Waals surface area contributed by atoms with Gasteiger partial charge in [-0.05, 0) is 11.6 Å². The maximum absolute atomic E-state index is 4.34. The van der Waals surface area contributed by atoms with E-state index in [-0.39, 0.29) is 0 Å². The van der Waals surface area contributed by atoms with Gasteiger partial charge in [0, 0.05) is 5.56 Å². The standard InChI is InChI=1S/C13H10N2/c1-2-4-6-11-10(5-3-1)7-8-12-13(11)15-9-14-12/h1-9H,(H,14,15)/b2-1-,3-1?,4-2?,5-3-,6-4-,10-5?,11-6?. The van der Waals surface area contributed by atoms with Crippen molar-refractivity contribution in [3.63, 3.8) is 0 Å². The van der Waals surface area contributed by atoms with Gasteiger partial charge in [-0.15, -0.1) is 0 Å². The minimum Gasteiger partial charge on any atom is -0.345 e. The van der Waals surface area contributed by atoms with Gasteiger partial charge in [-0.2, -0.15) is 0 Å². The molecule has 1 aliphatic carbocycles. The summed E-state index contributed by atoms with van der Waals surface area (Å²) < 4.78 is 0. The Morgan fingerprint density at radius 3 is 2.73 bits per heavy atom. The summed E-state index contributed by atoms with van der Waals surface area (Å²) >= 11 is 0. The Morgan fingerprint density at radius 2 is 1.80 bits per heavy atom. The molecule has 1 heterocycles. The number of nitrogens with zero attached hydrogens (tertiary/aromatic N) is 1. The van der Waals surface area contributed by atoms with Gasteiger partial charge in [-0.3, -0.25) is 0 Å². The van der Waals surface area contributed by atoms with Crippen molar-refractivity contribution in [2.45, 2.75) is 0 Å². The molecule has 0 saturated carbocycles. The number of hydrogen-bond donors (Lipinski definition) is 1. The first-order chi connectivity index (χ1) is 7.45. The fraction of sp³-hybridized carbons (Fsp3) is 0. The summed E-state index contributed by atoms with van der Waals surface area (Å²) in [5, 5.41) is 0. The largest absolute Gasteiger partial charge is 0.345 e. The van der Waals surface area contributed by atoms with Gasteiger partial charge in [-0.25, -0.2) is 4.98 Å². The minimum absolute atomic E-state index is 1.03. The third-order valence-corrected chi connectivity index (χ3v) is 2.54. The van der Waals surface area contributed by atoms with Gasteiger partial charge in [0.15, 0.2) is 0 Å². The number of imidazole rings is 1. The van der Waals surface area contributed by atoms with Gasteiger partial charge < -0.3 is 4.98 Å². The first-order valence-electron chi connectivity index (χ1n) is 4.93. The molecule has 1 aromatic carbocycles. The highest BCUT2D eigenvalue weighted by Gasteiger charge is 2.05. The zero-order valence-electron chi connectivity index (χ0n) is 8.14. The molecule has 0 unspecified atom stereocenters. The Morgan fingerprint density at radius 1 is 0.933 bits per heavy atom. The molecule has 1 aromatic heterocycles. The predicted octanol–water partition coefficient (Wildman–Crippen LogP) is 3.16. The van der Waals surface area contributed by atoms with E-state index < -0.39 is 0 Å². The highest BCUT2D eigenvalue weighted by atomic mass is 14.9. The average molecular weight is 194 g/mol. The van der Waals surface area contributed by atoms with Crippen LogP contribution < -0.4 is 0 Å². The molecule has 0 bridgehead atoms. The van der Waals surface area contributed by atoms with E-state index in [2.05, 4.69) is 34.3 Å². The molecular formula is C13H10N2. The quantitative estimate of drug-likeness (QED) is 0.685. The minimum atomic E-state index is 1.03. The number of fused-ring (bicyclic) bond motifs is 3. The maximum atomic E-state index is 4.34. The molecule has 2 aromatic rings. The van der Waals surface area contributed by atoms with Crippen LogP contribution in [-0.2, 0) is 0 Å². The number of nitrogens with one attached hydrogen (secondary N) is 1. The summed E-state index contributed by atoms with van der Waals surface area (Å²) in [4.78, 5) is 7.46. The van der Waals surface area contributed by atoms with Gasteiger partial charge in [0.2, 0.25) is 0 Å². The van der Waals surface area contributed by atoms with Crippen LogP contribution in [0.2, 0.25) is 0 Å². The van der Waals surface area contributed by atoms with Crippen molar-refractivity contribution < 1.29 is 0 Å². The first kappa shape index (κ1) is 8.24. The lowest BCUT2D eigenvalue weighted by Gasteiger charge is -2.03. The Kier molecular flexibility index (Phi) is 1.78. The normalized spacial score (nSPS) is 20.3. The predicted molar refractivity (Wildman–Crippen MR) is 63.3 cm³/mol. The second-order valence-electron chi connectivity index (χ2n) is 3.47. The summed E-state index contributed by atoms with van der Waals surface area (Å²) in [6.07, 6.45) is 14.1. The lowest BCUT2D eigenvalue weighted by Crippen LogP contribution is -1.84. The Balaban J connectivity index is 2.37. The van der Waals surface area contributed by atoms with Crippen molar-refractivity contribution in [1.29, 1.82) is 0 Å². The smallest absolute Gasteiger partial charge is 0.0960 e. The molecule has 15 heavy (non-hydrogen) atoms. The fourth-order valence-corrected chi connectivity index (χ4v) is 1.81. The Labute approximate surface area is 87.7 Å². The zero-order chi connectivity index (χ0) is 10.1. The second-order valence-corrected chi connectivity index (χ2v) is 3.47. The van der Waals surface area contributed by atoms with Crippen LogP contribution in [0.1, 0.15) is 11.1 Å². The molecular weight excluding hydrogens is 184 g/mol. The van der Waals surface area contributed by atoms with Gasteiger partial charge in [-0.1, -0.05) is 42.5 Å². The van der Waals surface area contributed by atoms with Gasteiger partial charge in [0.25, 0.3) is 0 Å². The molecule has 0 radical (unpaired) electrons. The van der Waals surface area contributed by atoms with E-state index in [1.807, 2.05) is 24.3 Å². The zero-order valence-corrected chi connectivity index (χ0v) is 8.14. The molecule has 3 rings (SSSR count). The third kappa shape index (κ3) is 1.31. The molecule has 2 heteroatoms. The molecule has 0 aliphatic heterocycles. The lowest BCUT2D eigenvalue weighted by molar-refractivity contribution is 1.34. The van der Waals surface area contributed by atoms with Crippen molar-refractivity contribution in [2.24, 2.45) is 0 Å². The molecule has 1 aliphatic rings. The van der Waals surface area contributed by atoms with Crippen molar-refractivity contribution in [3.05, 3.63) is 53.9 Å². The average Bonchev–Trinajstić information content (AvgIpc) is 2.65. The van der Waals surface area contributed by atoms with E-state index in [1.54, 1.807) is 6.33 Å². The van der Waals surface area contributed by atoms with Crippen LogP contribution in [0.4, 0.5) is 0 Å². The highest BCUT2D eigenvalue weighted by Crippen LogP contribution is 2.23. The number of aromatic amines is 1. The summed E-state index contributed by atoms with van der Waals surface area (Å²) in [6, 6.07) is 4.17. The molecule has 72 valence electrons. The number of hydrogen-bond acceptors (Lipinski definition) is 1. The van der Waals surface area contributed by atoms with Crippen molar-refractivity contribution >= 4 is 23.2 Å². The number of allylic oxidation sites excluding steroid dienone is 4. The molecule has 0 atom stereocenters. The van der Waals surface area contributed by atoms with Crippen LogP contribution in [0.15, 0.2) is 42.8 Å². The first-order valence-corrected chi connectivity index (χ1v) is 4.93. The van der Waals surface area contributed by atoms with E-state index in [1.165, 1.54) is 11.1 Å². The number of rotatable bonds is 0. The topological polar surface area (TPSA) is 28.7 Å². The van der Waals surface area contributed by atoms with Crippen molar-refractivity contribution in [3.8, 4) is 0 Å². The second kappa shape index (κ2) is 3.24. The molecule has 1 N–H and O–H groups in total. The molecule has 0 spiro atoms. The number of aromatic nitrogens is 2. The van der Waals surface area contributed by atoms with E-state index in [0.29, 0.717) is 0 Å². The van der Waals surface area contributed by atoms with Gasteiger partial charge >= 0.3 is 0 Å².